The molecule has 2 heterocycles. The van der Waals surface area contributed by atoms with Crippen LogP contribution in [0.3, 0.4) is 0 Å². The second-order valence-corrected chi connectivity index (χ2v) is 7.93. The lowest BCUT2D eigenvalue weighted by Gasteiger charge is -2.40. The predicted molar refractivity (Wildman–Crippen MR) is 111 cm³/mol. The second-order valence-electron chi connectivity index (χ2n) is 7.93. The number of carbonyl (C=O) groups is 2. The van der Waals surface area contributed by atoms with Crippen molar-refractivity contribution in [1.82, 2.24) is 9.80 Å². The van der Waals surface area contributed by atoms with E-state index in [1.54, 1.807) is 0 Å². The van der Waals surface area contributed by atoms with Crippen molar-refractivity contribution >= 4 is 12.0 Å². The summed E-state index contributed by atoms with van der Waals surface area (Å²) in [5, 5.41) is 0. The summed E-state index contributed by atoms with van der Waals surface area (Å²) in [6.45, 7) is 3.91. The first-order valence-corrected chi connectivity index (χ1v) is 10.5. The van der Waals surface area contributed by atoms with E-state index in [4.69, 9.17) is 4.74 Å². The average Bonchev–Trinajstić information content (AvgIpc) is 2.99. The van der Waals surface area contributed by atoms with Gasteiger partial charge in [0.25, 0.3) is 5.91 Å². The Kier molecular flexibility index (Phi) is 5.67. The Labute approximate surface area is 172 Å². The Hall–Kier alpha value is -2.66. The minimum atomic E-state index is -0.973. The van der Waals surface area contributed by atoms with E-state index in [0.29, 0.717) is 32.5 Å². The molecule has 0 N–H and O–H groups in total. The number of piperidine rings is 1. The molecule has 2 aliphatic heterocycles. The first-order valence-electron chi connectivity index (χ1n) is 10.5. The van der Waals surface area contributed by atoms with Gasteiger partial charge >= 0.3 is 6.09 Å². The quantitative estimate of drug-likeness (QED) is 0.732. The van der Waals surface area contributed by atoms with Gasteiger partial charge in [-0.15, -0.1) is 0 Å². The fourth-order valence-electron chi connectivity index (χ4n) is 4.45. The van der Waals surface area contributed by atoms with Crippen molar-refractivity contribution in [3.8, 4) is 0 Å². The lowest BCUT2D eigenvalue weighted by molar-refractivity contribution is -0.140. The fraction of sp³-hybridized carbons (Fsp3) is 0.417. The zero-order valence-electron chi connectivity index (χ0n) is 16.9. The lowest BCUT2D eigenvalue weighted by Crippen LogP contribution is -2.51. The minimum absolute atomic E-state index is 0.123. The largest absolute Gasteiger partial charge is 0.432 e. The molecule has 29 heavy (non-hydrogen) atoms. The van der Waals surface area contributed by atoms with E-state index in [0.717, 1.165) is 12.8 Å². The molecule has 2 saturated heterocycles. The van der Waals surface area contributed by atoms with Crippen molar-refractivity contribution < 1.29 is 14.3 Å². The van der Waals surface area contributed by atoms with Crippen LogP contribution >= 0.6 is 0 Å². The smallest absolute Gasteiger partial charge is 0.417 e. The van der Waals surface area contributed by atoms with E-state index < -0.39 is 11.7 Å². The van der Waals surface area contributed by atoms with Gasteiger partial charge in [0, 0.05) is 32.5 Å². The Morgan fingerprint density at radius 3 is 2.00 bits per heavy atom. The summed E-state index contributed by atoms with van der Waals surface area (Å²) in [6.07, 6.45) is 2.35. The normalized spacial score (nSPS) is 19.2. The SMILES string of the molecule is CCCCN1C(=O)OC2(CCN(C(c3ccccc3)c3ccccc3)CC2)C1=O. The highest BCUT2D eigenvalue weighted by Crippen LogP contribution is 2.38. The Balaban J connectivity index is 1.53. The average molecular weight is 392 g/mol. The molecule has 5 heteroatoms. The van der Waals surface area contributed by atoms with Gasteiger partial charge in [-0.1, -0.05) is 74.0 Å². The van der Waals surface area contributed by atoms with Crippen molar-refractivity contribution in [2.45, 2.75) is 44.2 Å². The summed E-state index contributed by atoms with van der Waals surface area (Å²) in [4.78, 5) is 29.0. The van der Waals surface area contributed by atoms with Crippen LogP contribution in [0.4, 0.5) is 4.79 Å². The molecule has 0 saturated carbocycles. The van der Waals surface area contributed by atoms with E-state index in [9.17, 15) is 9.59 Å². The molecule has 0 aromatic heterocycles. The molecule has 2 amide bonds. The monoisotopic (exact) mass is 392 g/mol. The molecule has 2 aromatic rings. The first kappa shape index (κ1) is 19.6. The summed E-state index contributed by atoms with van der Waals surface area (Å²) in [6, 6.07) is 21.0. The van der Waals surface area contributed by atoms with Crippen molar-refractivity contribution in [3.63, 3.8) is 0 Å². The van der Waals surface area contributed by atoms with Crippen LogP contribution in [0.15, 0.2) is 60.7 Å². The molecule has 2 fully saturated rings. The molecule has 1 spiro atoms. The molecular weight excluding hydrogens is 364 g/mol. The predicted octanol–water partition coefficient (Wildman–Crippen LogP) is 4.39. The molecule has 4 rings (SSSR count). The maximum atomic E-state index is 13.0. The van der Waals surface area contributed by atoms with Crippen molar-refractivity contribution in [2.24, 2.45) is 0 Å². The van der Waals surface area contributed by atoms with Gasteiger partial charge in [0.2, 0.25) is 0 Å². The van der Waals surface area contributed by atoms with Crippen LogP contribution in [-0.2, 0) is 9.53 Å². The minimum Gasteiger partial charge on any atom is -0.432 e. The Morgan fingerprint density at radius 2 is 1.48 bits per heavy atom. The number of nitrogens with zero attached hydrogens (tertiary/aromatic N) is 2. The maximum Gasteiger partial charge on any atom is 0.417 e. The zero-order valence-corrected chi connectivity index (χ0v) is 16.9. The fourth-order valence-corrected chi connectivity index (χ4v) is 4.45. The van der Waals surface area contributed by atoms with Crippen LogP contribution in [0.25, 0.3) is 0 Å². The number of hydrogen-bond acceptors (Lipinski definition) is 4. The molecule has 2 aromatic carbocycles. The van der Waals surface area contributed by atoms with Crippen LogP contribution in [0.2, 0.25) is 0 Å². The van der Waals surface area contributed by atoms with Crippen LogP contribution in [-0.4, -0.2) is 47.0 Å². The van der Waals surface area contributed by atoms with Gasteiger partial charge in [-0.25, -0.2) is 9.69 Å². The number of imide groups is 1. The summed E-state index contributed by atoms with van der Waals surface area (Å²) >= 11 is 0. The molecular formula is C24H28N2O3. The van der Waals surface area contributed by atoms with Crippen molar-refractivity contribution in [1.29, 1.82) is 0 Å². The van der Waals surface area contributed by atoms with E-state index in [1.165, 1.54) is 16.0 Å². The maximum absolute atomic E-state index is 13.0. The Bertz CT molecular complexity index is 805. The number of carbonyl (C=O) groups excluding carboxylic acids is 2. The number of ether oxygens (including phenoxy) is 1. The molecule has 0 radical (unpaired) electrons. The molecule has 5 nitrogen and oxygen atoms in total. The summed E-state index contributed by atoms with van der Waals surface area (Å²) < 4.78 is 5.66. The standard InChI is InChI=1S/C24H28N2O3/c1-2-3-16-26-22(27)24(29-23(26)28)14-17-25(18-15-24)21(19-10-6-4-7-11-19)20-12-8-5-9-13-20/h4-13,21H,2-3,14-18H2,1H3. The van der Waals surface area contributed by atoms with Crippen LogP contribution in [0, 0.1) is 0 Å². The number of benzene rings is 2. The molecule has 0 bridgehead atoms. The van der Waals surface area contributed by atoms with Gasteiger partial charge in [0.15, 0.2) is 5.60 Å². The molecule has 0 atom stereocenters. The van der Waals surface area contributed by atoms with Gasteiger partial charge in [-0.3, -0.25) is 9.69 Å². The molecule has 0 aliphatic carbocycles. The van der Waals surface area contributed by atoms with E-state index in [2.05, 4.69) is 53.4 Å². The Morgan fingerprint density at radius 1 is 0.931 bits per heavy atom. The van der Waals surface area contributed by atoms with E-state index >= 15 is 0 Å². The van der Waals surface area contributed by atoms with Gasteiger partial charge in [-0.05, 0) is 17.5 Å². The second kappa shape index (κ2) is 8.37. The number of hydrogen-bond donors (Lipinski definition) is 0. The summed E-state index contributed by atoms with van der Waals surface area (Å²) in [5.74, 6) is -0.147. The summed E-state index contributed by atoms with van der Waals surface area (Å²) in [7, 11) is 0. The molecule has 152 valence electrons. The van der Waals surface area contributed by atoms with Crippen molar-refractivity contribution in [2.75, 3.05) is 19.6 Å². The van der Waals surface area contributed by atoms with Gasteiger partial charge in [0.1, 0.15) is 0 Å². The van der Waals surface area contributed by atoms with Gasteiger partial charge in [0.05, 0.1) is 6.04 Å². The third-order valence-corrected chi connectivity index (χ3v) is 6.07. The first-order chi connectivity index (χ1) is 14.1. The van der Waals surface area contributed by atoms with Crippen LogP contribution in [0.1, 0.15) is 49.8 Å². The lowest BCUT2D eigenvalue weighted by atomic mass is 9.87. The third-order valence-electron chi connectivity index (χ3n) is 6.07. The molecule has 0 unspecified atom stereocenters. The number of likely N-dealkylation sites (tertiary alicyclic amines) is 1. The van der Waals surface area contributed by atoms with Crippen LogP contribution in [0.5, 0.6) is 0 Å². The highest BCUT2D eigenvalue weighted by Gasteiger charge is 2.55. The number of rotatable bonds is 6. The number of amides is 2. The van der Waals surface area contributed by atoms with Gasteiger partial charge in [-0.2, -0.15) is 0 Å². The van der Waals surface area contributed by atoms with E-state index in [-0.39, 0.29) is 11.9 Å². The zero-order chi connectivity index (χ0) is 20.3. The highest BCUT2D eigenvalue weighted by molar-refractivity contribution is 6.03. The van der Waals surface area contributed by atoms with E-state index in [1.807, 2.05) is 19.1 Å². The highest BCUT2D eigenvalue weighted by atomic mass is 16.6. The van der Waals surface area contributed by atoms with Crippen LogP contribution < -0.4 is 0 Å². The third kappa shape index (κ3) is 3.79. The van der Waals surface area contributed by atoms with Crippen molar-refractivity contribution in [3.05, 3.63) is 71.8 Å². The number of unbranched alkanes of at least 4 members (excludes halogenated alkanes) is 1. The van der Waals surface area contributed by atoms with Gasteiger partial charge < -0.3 is 4.74 Å². The molecule has 2 aliphatic rings. The topological polar surface area (TPSA) is 49.9 Å². The summed E-state index contributed by atoms with van der Waals surface area (Å²) in [5.41, 5.74) is 1.49.